The van der Waals surface area contributed by atoms with E-state index >= 15 is 0 Å². The van der Waals surface area contributed by atoms with Gasteiger partial charge in [0.05, 0.1) is 21.1 Å². The van der Waals surface area contributed by atoms with Gasteiger partial charge in [-0.2, -0.15) is 0 Å². The lowest BCUT2D eigenvalue weighted by atomic mass is 10.3. The Morgan fingerprint density at radius 1 is 1.50 bits per heavy atom. The predicted molar refractivity (Wildman–Crippen MR) is 62.3 cm³/mol. The Kier molecular flexibility index (Phi) is 17.3. The Hall–Kier alpha value is -0.330. The minimum atomic E-state index is -0.621. The van der Waals surface area contributed by atoms with Crippen LogP contribution in [0.25, 0.3) is 0 Å². The molecular formula is C9H22Cl2N2O3. The molecule has 0 rings (SSSR count). The molecule has 0 aliphatic heterocycles. The molecule has 1 atom stereocenters. The third kappa shape index (κ3) is 16.1. The summed E-state index contributed by atoms with van der Waals surface area (Å²) in [5, 5.41) is 9.40. The smallest absolute Gasteiger partial charge is 0.330 e. The molecule has 0 aliphatic carbocycles. The van der Waals surface area contributed by atoms with Gasteiger partial charge in [0.1, 0.15) is 19.3 Å². The Bertz CT molecular complexity index is 196. The first-order valence-corrected chi connectivity index (χ1v) is 4.13. The summed E-state index contributed by atoms with van der Waals surface area (Å²) in [5.41, 5.74) is 0. The standard InChI is InChI=1S/C9H18NO3.2ClH.H3N/c1-5-9(12)13-7-8(11)6-10(2,3)4;;;/h5,8,11H,1,6-7H2,2-4H3;2*1H;1H3/q+1;;;/p-1. The summed E-state index contributed by atoms with van der Waals surface area (Å²) in [5.74, 6) is -0.500. The molecule has 0 bridgehead atoms. The van der Waals surface area contributed by atoms with E-state index in [0.29, 0.717) is 11.0 Å². The molecule has 5 nitrogen and oxygen atoms in total. The quantitative estimate of drug-likeness (QED) is 0.327. The van der Waals surface area contributed by atoms with E-state index in [-0.39, 0.29) is 37.6 Å². The van der Waals surface area contributed by atoms with Crippen molar-refractivity contribution >= 4 is 18.4 Å². The number of ether oxygens (including phenoxy) is 1. The van der Waals surface area contributed by atoms with Crippen LogP contribution >= 0.6 is 12.4 Å². The van der Waals surface area contributed by atoms with Gasteiger partial charge in [0.15, 0.2) is 0 Å². The van der Waals surface area contributed by atoms with E-state index in [4.69, 9.17) is 0 Å². The summed E-state index contributed by atoms with van der Waals surface area (Å²) in [4.78, 5) is 10.6. The van der Waals surface area contributed by atoms with Crippen LogP contribution in [-0.2, 0) is 9.53 Å². The van der Waals surface area contributed by atoms with Gasteiger partial charge in [0.2, 0.25) is 0 Å². The summed E-state index contributed by atoms with van der Waals surface area (Å²) < 4.78 is 5.31. The van der Waals surface area contributed by atoms with Crippen molar-refractivity contribution < 1.29 is 31.5 Å². The van der Waals surface area contributed by atoms with E-state index in [9.17, 15) is 9.90 Å². The Labute approximate surface area is 109 Å². The van der Waals surface area contributed by atoms with Crippen molar-refractivity contribution in [3.8, 4) is 0 Å². The number of halogens is 2. The largest absolute Gasteiger partial charge is 1.00 e. The van der Waals surface area contributed by atoms with E-state index in [1.165, 1.54) is 0 Å². The number of hydrogen-bond acceptors (Lipinski definition) is 4. The summed E-state index contributed by atoms with van der Waals surface area (Å²) in [6.45, 7) is 3.83. The zero-order valence-electron chi connectivity index (χ0n) is 9.98. The molecule has 4 N–H and O–H groups in total. The van der Waals surface area contributed by atoms with E-state index < -0.39 is 12.1 Å². The van der Waals surface area contributed by atoms with Crippen molar-refractivity contribution in [1.82, 2.24) is 6.15 Å². The maximum absolute atomic E-state index is 10.6. The molecular weight excluding hydrogens is 255 g/mol. The molecule has 0 fully saturated rings. The number of carbonyl (C=O) groups excluding carboxylic acids is 1. The van der Waals surface area contributed by atoms with Crippen molar-refractivity contribution in [2.45, 2.75) is 6.10 Å². The van der Waals surface area contributed by atoms with Crippen LogP contribution in [0.3, 0.4) is 0 Å². The van der Waals surface area contributed by atoms with Gasteiger partial charge in [-0.15, -0.1) is 12.4 Å². The van der Waals surface area contributed by atoms with E-state index in [2.05, 4.69) is 11.3 Å². The van der Waals surface area contributed by atoms with Crippen molar-refractivity contribution in [1.29, 1.82) is 0 Å². The Morgan fingerprint density at radius 2 is 1.94 bits per heavy atom. The van der Waals surface area contributed by atoms with Crippen LogP contribution in [0.1, 0.15) is 0 Å². The van der Waals surface area contributed by atoms with Gasteiger partial charge in [-0.05, 0) is 0 Å². The highest BCUT2D eigenvalue weighted by atomic mass is 35.5. The third-order valence-electron chi connectivity index (χ3n) is 1.34. The fourth-order valence-corrected chi connectivity index (χ4v) is 0.922. The van der Waals surface area contributed by atoms with Crippen LogP contribution in [0.5, 0.6) is 0 Å². The molecule has 0 amide bonds. The number of aliphatic hydroxyl groups is 1. The molecule has 0 spiro atoms. The van der Waals surface area contributed by atoms with Crippen LogP contribution in [-0.4, -0.2) is 56.0 Å². The molecule has 0 saturated heterocycles. The zero-order chi connectivity index (χ0) is 10.5. The fourth-order valence-electron chi connectivity index (χ4n) is 0.922. The molecule has 7 heteroatoms. The highest BCUT2D eigenvalue weighted by molar-refractivity contribution is 5.85. The van der Waals surface area contributed by atoms with E-state index in [0.717, 1.165) is 6.08 Å². The number of aliphatic hydroxyl groups excluding tert-OH is 1. The van der Waals surface area contributed by atoms with Crippen molar-refractivity contribution in [2.24, 2.45) is 0 Å². The Morgan fingerprint density at radius 3 is 2.25 bits per heavy atom. The third-order valence-corrected chi connectivity index (χ3v) is 1.34. The summed E-state index contributed by atoms with van der Waals surface area (Å²) >= 11 is 0. The van der Waals surface area contributed by atoms with Crippen LogP contribution in [0.15, 0.2) is 12.7 Å². The normalized spacial score (nSPS) is 11.0. The van der Waals surface area contributed by atoms with E-state index in [1.54, 1.807) is 0 Å². The van der Waals surface area contributed by atoms with Crippen molar-refractivity contribution in [3.05, 3.63) is 12.7 Å². The fraction of sp³-hybridized carbons (Fsp3) is 0.667. The zero-order valence-corrected chi connectivity index (χ0v) is 11.6. The van der Waals surface area contributed by atoms with E-state index in [1.807, 2.05) is 21.1 Å². The average molecular weight is 277 g/mol. The molecule has 16 heavy (non-hydrogen) atoms. The second kappa shape index (κ2) is 11.2. The molecule has 0 radical (unpaired) electrons. The number of esters is 1. The van der Waals surface area contributed by atoms with Crippen molar-refractivity contribution in [2.75, 3.05) is 34.3 Å². The number of carbonyl (C=O) groups is 1. The summed E-state index contributed by atoms with van der Waals surface area (Å²) in [6, 6.07) is 0. The van der Waals surface area contributed by atoms with Crippen LogP contribution < -0.4 is 18.6 Å². The minimum Gasteiger partial charge on any atom is -1.00 e. The summed E-state index contributed by atoms with van der Waals surface area (Å²) in [6.07, 6.45) is 0.461. The van der Waals surface area contributed by atoms with Crippen LogP contribution in [0.2, 0.25) is 0 Å². The molecule has 0 saturated carbocycles. The predicted octanol–water partition coefficient (Wildman–Crippen LogP) is -2.63. The van der Waals surface area contributed by atoms with Gasteiger partial charge < -0.3 is 32.9 Å². The SMILES string of the molecule is C=CC(=O)OCC(O)C[N+](C)(C)C.Cl.N.[Cl-]. The monoisotopic (exact) mass is 276 g/mol. The highest BCUT2D eigenvalue weighted by Gasteiger charge is 2.16. The number of hydrogen-bond donors (Lipinski definition) is 2. The maximum atomic E-state index is 10.6. The lowest BCUT2D eigenvalue weighted by Crippen LogP contribution is -3.00. The lowest BCUT2D eigenvalue weighted by Gasteiger charge is -2.26. The van der Waals surface area contributed by atoms with Gasteiger partial charge in [0.25, 0.3) is 0 Å². The van der Waals surface area contributed by atoms with Crippen LogP contribution in [0, 0.1) is 0 Å². The van der Waals surface area contributed by atoms with Crippen LogP contribution in [0.4, 0.5) is 0 Å². The lowest BCUT2D eigenvalue weighted by molar-refractivity contribution is -0.873. The number of nitrogens with zero attached hydrogens (tertiary/aromatic N) is 1. The molecule has 1 unspecified atom stereocenters. The maximum Gasteiger partial charge on any atom is 0.330 e. The molecule has 0 aromatic heterocycles. The summed E-state index contributed by atoms with van der Waals surface area (Å²) in [7, 11) is 5.87. The number of likely N-dealkylation sites (N-methyl/N-ethyl adjacent to an activating group) is 1. The van der Waals surface area contributed by atoms with Gasteiger partial charge in [-0.25, -0.2) is 4.79 Å². The first kappa shape index (κ1) is 24.8. The second-order valence-corrected chi connectivity index (χ2v) is 3.96. The Balaban J connectivity index is -0.000000240. The molecule has 0 aliphatic rings. The van der Waals surface area contributed by atoms with Gasteiger partial charge >= 0.3 is 5.97 Å². The topological polar surface area (TPSA) is 81.5 Å². The molecule has 0 heterocycles. The number of quaternary nitrogens is 1. The first-order valence-electron chi connectivity index (χ1n) is 4.13. The second-order valence-electron chi connectivity index (χ2n) is 3.96. The average Bonchev–Trinajstić information content (AvgIpc) is 1.97. The van der Waals surface area contributed by atoms with Gasteiger partial charge in [-0.3, -0.25) is 0 Å². The van der Waals surface area contributed by atoms with Crippen molar-refractivity contribution in [3.63, 3.8) is 0 Å². The number of rotatable bonds is 5. The first-order chi connectivity index (χ1) is 5.85. The van der Waals surface area contributed by atoms with Gasteiger partial charge in [0, 0.05) is 6.08 Å². The molecule has 0 aromatic rings. The van der Waals surface area contributed by atoms with Gasteiger partial charge in [-0.1, -0.05) is 6.58 Å². The molecule has 100 valence electrons. The minimum absolute atomic E-state index is 0. The molecule has 0 aromatic carbocycles. The highest BCUT2D eigenvalue weighted by Crippen LogP contribution is 1.95.